The number of hydrogen-bond acceptors (Lipinski definition) is 2. The van der Waals surface area contributed by atoms with E-state index in [-0.39, 0.29) is 5.56 Å². The Labute approximate surface area is 72.2 Å². The normalized spacial score (nSPS) is 11.7. The molecule has 0 radical (unpaired) electrons. The molecule has 0 aliphatic carbocycles. The molecule has 0 bridgehead atoms. The third kappa shape index (κ3) is 1.68. The molecule has 0 atom stereocenters. The van der Waals surface area contributed by atoms with Gasteiger partial charge in [0.05, 0.1) is 0 Å². The van der Waals surface area contributed by atoms with Gasteiger partial charge in [-0.2, -0.15) is 13.2 Å². The highest BCUT2D eigenvalue weighted by Crippen LogP contribution is 2.40. The number of phenolic OH excluding ortho intramolecular Hbond substituents is 2. The molecule has 5 heteroatoms. The number of rotatable bonds is 0. The van der Waals surface area contributed by atoms with E-state index in [2.05, 4.69) is 0 Å². The highest BCUT2D eigenvalue weighted by molar-refractivity contribution is 5.48. The van der Waals surface area contributed by atoms with Gasteiger partial charge in [-0.1, -0.05) is 0 Å². The summed E-state index contributed by atoms with van der Waals surface area (Å²) in [4.78, 5) is 0. The maximum absolute atomic E-state index is 12.2. The van der Waals surface area contributed by atoms with Crippen LogP contribution in [0.15, 0.2) is 12.1 Å². The van der Waals surface area contributed by atoms with Crippen molar-refractivity contribution in [3.63, 3.8) is 0 Å². The topological polar surface area (TPSA) is 40.5 Å². The molecular weight excluding hydrogens is 185 g/mol. The predicted molar refractivity (Wildman–Crippen MR) is 39.5 cm³/mol. The van der Waals surface area contributed by atoms with Gasteiger partial charge in [0.15, 0.2) is 0 Å². The molecule has 0 spiro atoms. The van der Waals surface area contributed by atoms with Crippen LogP contribution in [-0.4, -0.2) is 10.2 Å². The van der Waals surface area contributed by atoms with Crippen LogP contribution in [0.25, 0.3) is 0 Å². The first kappa shape index (κ1) is 9.70. The second kappa shape index (κ2) is 2.83. The molecule has 0 heterocycles. The summed E-state index contributed by atoms with van der Waals surface area (Å²) in [5, 5.41) is 17.9. The minimum atomic E-state index is -4.65. The summed E-state index contributed by atoms with van der Waals surface area (Å²) in [5.74, 6) is -1.35. The van der Waals surface area contributed by atoms with Crippen molar-refractivity contribution in [2.45, 2.75) is 13.1 Å². The van der Waals surface area contributed by atoms with Gasteiger partial charge in [-0.15, -0.1) is 0 Å². The van der Waals surface area contributed by atoms with Crippen LogP contribution in [0.4, 0.5) is 13.2 Å². The van der Waals surface area contributed by atoms with Gasteiger partial charge in [-0.3, -0.25) is 0 Å². The van der Waals surface area contributed by atoms with E-state index in [1.807, 2.05) is 0 Å². The largest absolute Gasteiger partial charge is 0.508 e. The van der Waals surface area contributed by atoms with Gasteiger partial charge in [0.1, 0.15) is 17.1 Å². The number of phenols is 2. The monoisotopic (exact) mass is 192 g/mol. The van der Waals surface area contributed by atoms with E-state index >= 15 is 0 Å². The second-order valence-electron chi connectivity index (χ2n) is 2.60. The quantitative estimate of drug-likeness (QED) is 0.619. The molecule has 0 aromatic heterocycles. The van der Waals surface area contributed by atoms with E-state index in [9.17, 15) is 13.2 Å². The van der Waals surface area contributed by atoms with Crippen LogP contribution in [0.5, 0.6) is 11.5 Å². The van der Waals surface area contributed by atoms with Gasteiger partial charge in [-0.05, 0) is 19.1 Å². The summed E-state index contributed by atoms with van der Waals surface area (Å²) in [6.45, 7) is 1.10. The molecular formula is C8H7F3O2. The van der Waals surface area contributed by atoms with Crippen molar-refractivity contribution >= 4 is 0 Å². The zero-order valence-electron chi connectivity index (χ0n) is 6.68. The van der Waals surface area contributed by atoms with Gasteiger partial charge in [-0.25, -0.2) is 0 Å². The molecule has 1 aromatic rings. The number of aromatic hydroxyl groups is 2. The van der Waals surface area contributed by atoms with Crippen LogP contribution in [0.3, 0.4) is 0 Å². The Morgan fingerprint density at radius 2 is 1.54 bits per heavy atom. The Balaban J connectivity index is 3.43. The van der Waals surface area contributed by atoms with Crippen LogP contribution in [0.2, 0.25) is 0 Å². The standard InChI is InChI=1S/C8H7F3O2/c1-4-5(12)2-3-6(13)7(4)8(9,10)11/h2-3,12-13H,1H3. The van der Waals surface area contributed by atoms with Crippen molar-refractivity contribution in [3.05, 3.63) is 23.3 Å². The van der Waals surface area contributed by atoms with Crippen molar-refractivity contribution in [3.8, 4) is 11.5 Å². The Hall–Kier alpha value is -1.39. The van der Waals surface area contributed by atoms with E-state index < -0.39 is 23.2 Å². The Bertz CT molecular complexity index is 331. The molecule has 0 aliphatic heterocycles. The summed E-state index contributed by atoms with van der Waals surface area (Å²) >= 11 is 0. The summed E-state index contributed by atoms with van der Waals surface area (Å²) in [6, 6.07) is 1.82. The molecule has 1 rings (SSSR count). The van der Waals surface area contributed by atoms with Crippen LogP contribution in [0, 0.1) is 6.92 Å². The van der Waals surface area contributed by atoms with Gasteiger partial charge < -0.3 is 10.2 Å². The molecule has 13 heavy (non-hydrogen) atoms. The minimum Gasteiger partial charge on any atom is -0.508 e. The minimum absolute atomic E-state index is 0.368. The Kier molecular flexibility index (Phi) is 2.11. The Morgan fingerprint density at radius 3 is 1.92 bits per heavy atom. The second-order valence-corrected chi connectivity index (χ2v) is 2.60. The van der Waals surface area contributed by atoms with E-state index in [0.29, 0.717) is 0 Å². The lowest BCUT2D eigenvalue weighted by molar-refractivity contribution is -0.139. The summed E-state index contributed by atoms with van der Waals surface area (Å²) < 4.78 is 36.7. The van der Waals surface area contributed by atoms with E-state index in [4.69, 9.17) is 10.2 Å². The molecule has 72 valence electrons. The number of halogens is 3. The van der Waals surface area contributed by atoms with Gasteiger partial charge in [0, 0.05) is 5.56 Å². The predicted octanol–water partition coefficient (Wildman–Crippen LogP) is 2.43. The average molecular weight is 192 g/mol. The third-order valence-electron chi connectivity index (χ3n) is 1.70. The van der Waals surface area contributed by atoms with Crippen molar-refractivity contribution in [2.24, 2.45) is 0 Å². The first-order valence-electron chi connectivity index (χ1n) is 3.42. The van der Waals surface area contributed by atoms with E-state index in [0.717, 1.165) is 19.1 Å². The lowest BCUT2D eigenvalue weighted by Gasteiger charge is -2.12. The fraction of sp³-hybridized carbons (Fsp3) is 0.250. The van der Waals surface area contributed by atoms with Crippen molar-refractivity contribution < 1.29 is 23.4 Å². The van der Waals surface area contributed by atoms with Gasteiger partial charge >= 0.3 is 6.18 Å². The lowest BCUT2D eigenvalue weighted by Crippen LogP contribution is -2.07. The molecule has 0 amide bonds. The molecule has 0 saturated heterocycles. The maximum Gasteiger partial charge on any atom is 0.420 e. The maximum atomic E-state index is 12.2. The van der Waals surface area contributed by atoms with E-state index in [1.165, 1.54) is 0 Å². The van der Waals surface area contributed by atoms with Crippen LogP contribution in [0.1, 0.15) is 11.1 Å². The SMILES string of the molecule is Cc1c(O)ccc(O)c1C(F)(F)F. The van der Waals surface area contributed by atoms with Crippen LogP contribution in [-0.2, 0) is 6.18 Å². The molecule has 0 saturated carbocycles. The summed E-state index contributed by atoms with van der Waals surface area (Å²) in [7, 11) is 0. The third-order valence-corrected chi connectivity index (χ3v) is 1.70. The van der Waals surface area contributed by atoms with Crippen molar-refractivity contribution in [1.82, 2.24) is 0 Å². The molecule has 0 fully saturated rings. The first-order valence-corrected chi connectivity index (χ1v) is 3.42. The van der Waals surface area contributed by atoms with Crippen molar-refractivity contribution in [1.29, 1.82) is 0 Å². The van der Waals surface area contributed by atoms with Crippen molar-refractivity contribution in [2.75, 3.05) is 0 Å². The average Bonchev–Trinajstić information content (AvgIpc) is 1.95. The number of alkyl halides is 3. The number of benzene rings is 1. The Morgan fingerprint density at radius 1 is 1.08 bits per heavy atom. The molecule has 0 unspecified atom stereocenters. The highest BCUT2D eigenvalue weighted by atomic mass is 19.4. The zero-order valence-corrected chi connectivity index (χ0v) is 6.68. The van der Waals surface area contributed by atoms with Gasteiger partial charge in [0.25, 0.3) is 0 Å². The fourth-order valence-electron chi connectivity index (χ4n) is 1.04. The summed E-state index contributed by atoms with van der Waals surface area (Å²) in [6.07, 6.45) is -4.65. The fourth-order valence-corrected chi connectivity index (χ4v) is 1.04. The zero-order chi connectivity index (χ0) is 10.2. The summed E-state index contributed by atoms with van der Waals surface area (Å²) in [5.41, 5.74) is -1.56. The highest BCUT2D eigenvalue weighted by Gasteiger charge is 2.36. The molecule has 2 N–H and O–H groups in total. The number of hydrogen-bond donors (Lipinski definition) is 2. The molecule has 2 nitrogen and oxygen atoms in total. The van der Waals surface area contributed by atoms with E-state index in [1.54, 1.807) is 0 Å². The molecule has 1 aromatic carbocycles. The van der Waals surface area contributed by atoms with Crippen LogP contribution < -0.4 is 0 Å². The molecule has 0 aliphatic rings. The van der Waals surface area contributed by atoms with Gasteiger partial charge in [0.2, 0.25) is 0 Å². The first-order chi connectivity index (χ1) is 5.84. The smallest absolute Gasteiger partial charge is 0.420 e. The van der Waals surface area contributed by atoms with Crippen LogP contribution >= 0.6 is 0 Å². The lowest BCUT2D eigenvalue weighted by atomic mass is 10.1.